The van der Waals surface area contributed by atoms with Crippen LogP contribution in [0.25, 0.3) is 22.4 Å². The Morgan fingerprint density at radius 2 is 1.81 bits per heavy atom. The molecule has 0 spiro atoms. The number of nitrogens with two attached hydrogens (primary N) is 2. The van der Waals surface area contributed by atoms with E-state index >= 15 is 4.39 Å². The van der Waals surface area contributed by atoms with Gasteiger partial charge in [0.05, 0.1) is 5.69 Å². The minimum absolute atomic E-state index is 0.109. The first-order valence-electron chi connectivity index (χ1n) is 10.7. The number of hydrogen-bond acceptors (Lipinski definition) is 7. The Labute approximate surface area is 208 Å². The number of alkyl halides is 3. The zero-order valence-electron chi connectivity index (χ0n) is 18.6. The van der Waals surface area contributed by atoms with Gasteiger partial charge in [-0.05, 0) is 39.9 Å². The smallest absolute Gasteiger partial charge is 0.336 e. The number of carboxylic acid groups (broad SMARTS) is 1. The minimum atomic E-state index is -3.55. The van der Waals surface area contributed by atoms with Crippen LogP contribution in [0.15, 0.2) is 71.4 Å². The molecule has 2 aromatic carbocycles. The van der Waals surface area contributed by atoms with Crippen molar-refractivity contribution in [1.82, 2.24) is 9.97 Å². The van der Waals surface area contributed by atoms with E-state index in [1.54, 1.807) is 47.2 Å². The lowest BCUT2D eigenvalue weighted by atomic mass is 9.96. The molecule has 186 valence electrons. The van der Waals surface area contributed by atoms with Crippen LogP contribution in [0.4, 0.5) is 19.1 Å². The van der Waals surface area contributed by atoms with Crippen molar-refractivity contribution in [1.29, 1.82) is 0 Å². The van der Waals surface area contributed by atoms with Crippen molar-refractivity contribution in [2.45, 2.75) is 24.7 Å². The molecule has 11 heteroatoms. The first-order valence-corrected chi connectivity index (χ1v) is 11.6. The molecule has 0 saturated carbocycles. The maximum absolute atomic E-state index is 16.0. The number of hydrogen-bond donors (Lipinski definition) is 3. The molecule has 36 heavy (non-hydrogen) atoms. The fourth-order valence-electron chi connectivity index (χ4n) is 3.61. The lowest BCUT2D eigenvalue weighted by molar-refractivity contribution is -0.175. The van der Waals surface area contributed by atoms with E-state index in [1.165, 1.54) is 35.6 Å². The zero-order valence-corrected chi connectivity index (χ0v) is 19.5. The first kappa shape index (κ1) is 25.1. The highest BCUT2D eigenvalue weighted by atomic mass is 32.1. The number of rotatable bonds is 9. The highest BCUT2D eigenvalue weighted by Crippen LogP contribution is 2.41. The highest BCUT2D eigenvalue weighted by molar-refractivity contribution is 7.08. The van der Waals surface area contributed by atoms with Crippen molar-refractivity contribution in [2.24, 2.45) is 5.73 Å². The van der Waals surface area contributed by atoms with Crippen molar-refractivity contribution in [3.8, 4) is 28.3 Å². The molecule has 0 fully saturated rings. The first-order chi connectivity index (χ1) is 17.2. The van der Waals surface area contributed by atoms with Gasteiger partial charge in [-0.15, -0.1) is 0 Å². The van der Waals surface area contributed by atoms with Crippen LogP contribution < -0.4 is 16.2 Å². The van der Waals surface area contributed by atoms with Crippen LogP contribution in [0.3, 0.4) is 0 Å². The predicted octanol–water partition coefficient (Wildman–Crippen LogP) is 4.88. The highest BCUT2D eigenvalue weighted by Gasteiger charge is 2.47. The molecule has 7 nitrogen and oxygen atoms in total. The van der Waals surface area contributed by atoms with Crippen LogP contribution in [-0.2, 0) is 17.1 Å². The summed E-state index contributed by atoms with van der Waals surface area (Å²) in [6.07, 6.45) is -3.44. The number of thiophene rings is 1. The monoisotopic (exact) mass is 514 g/mol. The number of nitrogens with zero attached hydrogens (tertiary/aromatic N) is 2. The summed E-state index contributed by atoms with van der Waals surface area (Å²) in [5.41, 5.74) is 13.2. The number of halogens is 3. The molecule has 5 N–H and O–H groups in total. The van der Waals surface area contributed by atoms with Gasteiger partial charge in [0, 0.05) is 17.2 Å². The third-order valence-corrected chi connectivity index (χ3v) is 6.09. The van der Waals surface area contributed by atoms with E-state index in [2.05, 4.69) is 9.97 Å². The summed E-state index contributed by atoms with van der Waals surface area (Å²) in [4.78, 5) is 18.9. The second-order valence-electron chi connectivity index (χ2n) is 7.90. The molecule has 4 aromatic rings. The number of nitrogen functional groups attached to an aromatic ring is 1. The Morgan fingerprint density at radius 1 is 1.08 bits per heavy atom. The van der Waals surface area contributed by atoms with E-state index in [0.717, 1.165) is 0 Å². The quantitative estimate of drug-likeness (QED) is 0.291. The summed E-state index contributed by atoms with van der Waals surface area (Å²) in [7, 11) is 0. The van der Waals surface area contributed by atoms with E-state index in [4.69, 9.17) is 21.3 Å². The van der Waals surface area contributed by atoms with E-state index in [9.17, 15) is 13.6 Å². The topological polar surface area (TPSA) is 124 Å². The Morgan fingerprint density at radius 3 is 2.44 bits per heavy atom. The number of aromatic nitrogens is 2. The van der Waals surface area contributed by atoms with Crippen molar-refractivity contribution in [3.05, 3.63) is 82.6 Å². The maximum Gasteiger partial charge on any atom is 0.336 e. The predicted molar refractivity (Wildman–Crippen MR) is 130 cm³/mol. The van der Waals surface area contributed by atoms with E-state index in [-0.39, 0.29) is 29.2 Å². The Bertz CT molecular complexity index is 1350. The Kier molecular flexibility index (Phi) is 7.22. The number of anilines is 1. The standard InChI is InChI=1S/C25H21F3N4O3S/c26-23(27)25(28,18-4-2-1-3-17(18)16-9-10-36-13-16)35-21-12-20(31-24(30)32-21)15-7-5-14(6-8-15)11-19(29)22(33)34/h1-10,12-13,19,23H,11,29H2,(H,33,34)(H2,30,31,32). The van der Waals surface area contributed by atoms with Crippen molar-refractivity contribution >= 4 is 23.3 Å². The summed E-state index contributed by atoms with van der Waals surface area (Å²) in [6.45, 7) is 0. The number of aliphatic carboxylic acids is 1. The summed E-state index contributed by atoms with van der Waals surface area (Å²) in [6, 6.07) is 14.2. The third kappa shape index (κ3) is 5.31. The molecule has 4 rings (SSSR count). The van der Waals surface area contributed by atoms with Gasteiger partial charge in [-0.3, -0.25) is 4.79 Å². The van der Waals surface area contributed by atoms with Gasteiger partial charge in [-0.1, -0.05) is 48.5 Å². The van der Waals surface area contributed by atoms with Crippen LogP contribution in [0.5, 0.6) is 5.88 Å². The fraction of sp³-hybridized carbons (Fsp3) is 0.160. The molecular weight excluding hydrogens is 493 g/mol. The Hall–Kier alpha value is -3.96. The fourth-order valence-corrected chi connectivity index (χ4v) is 4.27. The van der Waals surface area contributed by atoms with Gasteiger partial charge < -0.3 is 21.3 Å². The Balaban J connectivity index is 1.67. The number of ether oxygens (including phenoxy) is 1. The van der Waals surface area contributed by atoms with Crippen LogP contribution in [0, 0.1) is 0 Å². The van der Waals surface area contributed by atoms with Crippen molar-refractivity contribution in [3.63, 3.8) is 0 Å². The largest absolute Gasteiger partial charge is 0.480 e. The summed E-state index contributed by atoms with van der Waals surface area (Å²) in [5, 5.41) is 12.4. The normalized spacial score (nSPS) is 13.8. The third-order valence-electron chi connectivity index (χ3n) is 5.40. The summed E-state index contributed by atoms with van der Waals surface area (Å²) < 4.78 is 49.5. The number of carbonyl (C=O) groups is 1. The average molecular weight is 515 g/mol. The molecule has 2 atom stereocenters. The molecule has 2 aromatic heterocycles. The lowest BCUT2D eigenvalue weighted by Crippen LogP contribution is -2.37. The molecule has 0 saturated heterocycles. The minimum Gasteiger partial charge on any atom is -0.480 e. The van der Waals surface area contributed by atoms with Gasteiger partial charge in [0.25, 0.3) is 0 Å². The van der Waals surface area contributed by atoms with Gasteiger partial charge in [-0.25, -0.2) is 13.8 Å². The summed E-state index contributed by atoms with van der Waals surface area (Å²) in [5.74, 6) is -5.42. The van der Waals surface area contributed by atoms with Crippen LogP contribution in [-0.4, -0.2) is 33.5 Å². The molecule has 2 heterocycles. The van der Waals surface area contributed by atoms with Crippen molar-refractivity contribution in [2.75, 3.05) is 5.73 Å². The van der Waals surface area contributed by atoms with E-state index in [0.29, 0.717) is 16.7 Å². The lowest BCUT2D eigenvalue weighted by Gasteiger charge is -2.27. The van der Waals surface area contributed by atoms with Gasteiger partial charge in [-0.2, -0.15) is 20.7 Å². The van der Waals surface area contributed by atoms with Crippen LogP contribution in [0.2, 0.25) is 0 Å². The molecule has 0 radical (unpaired) electrons. The molecular formula is C25H21F3N4O3S. The molecule has 0 aliphatic carbocycles. The van der Waals surface area contributed by atoms with E-state index < -0.39 is 30.2 Å². The maximum atomic E-state index is 16.0. The average Bonchev–Trinajstić information content (AvgIpc) is 3.39. The molecule has 0 amide bonds. The SMILES string of the molecule is Nc1nc(OC(F)(c2ccccc2-c2ccsc2)C(F)F)cc(-c2ccc(CC(N)C(=O)O)cc2)n1. The zero-order chi connectivity index (χ0) is 25.9. The van der Waals surface area contributed by atoms with Gasteiger partial charge in [0.1, 0.15) is 6.04 Å². The van der Waals surface area contributed by atoms with Crippen LogP contribution in [0.1, 0.15) is 11.1 Å². The number of benzene rings is 2. The summed E-state index contributed by atoms with van der Waals surface area (Å²) >= 11 is 1.35. The molecule has 0 aliphatic rings. The second kappa shape index (κ2) is 10.3. The number of carboxylic acids is 1. The second-order valence-corrected chi connectivity index (χ2v) is 8.68. The van der Waals surface area contributed by atoms with Crippen LogP contribution >= 0.6 is 11.3 Å². The van der Waals surface area contributed by atoms with Gasteiger partial charge in [0.2, 0.25) is 11.8 Å². The molecule has 0 aliphatic heterocycles. The van der Waals surface area contributed by atoms with E-state index in [1.807, 2.05) is 0 Å². The molecule has 2 unspecified atom stereocenters. The van der Waals surface area contributed by atoms with Gasteiger partial charge >= 0.3 is 18.2 Å². The van der Waals surface area contributed by atoms with Gasteiger partial charge in [0.15, 0.2) is 0 Å². The molecule has 0 bridgehead atoms. The van der Waals surface area contributed by atoms with Crippen molar-refractivity contribution < 1.29 is 27.8 Å².